The van der Waals surface area contributed by atoms with Crippen LogP contribution in [-0.4, -0.2) is 11.5 Å². The number of benzene rings is 2. The molecule has 0 heterocycles. The number of para-hydroxylation sites is 1. The molecule has 2 aromatic carbocycles. The lowest BCUT2D eigenvalue weighted by Gasteiger charge is -2.20. The van der Waals surface area contributed by atoms with Gasteiger partial charge in [0.2, 0.25) is 0 Å². The molecule has 2 rings (SSSR count). The van der Waals surface area contributed by atoms with Gasteiger partial charge in [0.25, 0.3) is 0 Å². The van der Waals surface area contributed by atoms with E-state index in [1.54, 1.807) is 0 Å². The third-order valence-electron chi connectivity index (χ3n) is 2.78. The molecule has 0 aliphatic carbocycles. The lowest BCUT2D eigenvalue weighted by atomic mass is 10.2. The van der Waals surface area contributed by atoms with Crippen LogP contribution >= 0.6 is 6.72 Å². The monoisotopic (exact) mass is 324 g/mol. The van der Waals surface area contributed by atoms with Gasteiger partial charge in [-0.05, 0) is 37.1 Å². The molecule has 0 aliphatic rings. The predicted molar refractivity (Wildman–Crippen MR) is 90.7 cm³/mol. The Balaban J connectivity index is 2.34. The van der Waals surface area contributed by atoms with E-state index in [-0.39, 0.29) is 0 Å². The van der Waals surface area contributed by atoms with Gasteiger partial charge < -0.3 is 13.9 Å². The molecular weight excluding hydrogens is 303 g/mol. The fraction of sp³-hybridized carbons (Fsp3) is 0.250. The summed E-state index contributed by atoms with van der Waals surface area (Å²) in [4.78, 5) is 11.9. The minimum Gasteiger partial charge on any atom is -0.428 e. The molecule has 1 N–H and O–H groups in total. The molecule has 21 heavy (non-hydrogen) atoms. The van der Waals surface area contributed by atoms with Crippen molar-refractivity contribution in [2.24, 2.45) is 0 Å². The zero-order chi connectivity index (χ0) is 15.1. The largest absolute Gasteiger partial charge is 0.428 e. The highest BCUT2D eigenvalue weighted by molar-refractivity contribution is 8.17. The first-order chi connectivity index (χ1) is 10.1. The molecule has 0 saturated carbocycles. The van der Waals surface area contributed by atoms with Gasteiger partial charge in [0.1, 0.15) is 5.75 Å². The Bertz CT molecular complexity index is 628. The average molecular weight is 324 g/mol. The van der Waals surface area contributed by atoms with E-state index >= 15 is 0 Å². The van der Waals surface area contributed by atoms with Gasteiger partial charge in [-0.2, -0.15) is 0 Å². The first-order valence-electron chi connectivity index (χ1n) is 6.93. The summed E-state index contributed by atoms with van der Waals surface area (Å²) in [6.07, 6.45) is 0.837. The second-order valence-electron chi connectivity index (χ2n) is 4.61. The molecular formula is C16H21O3PS. The zero-order valence-corrected chi connectivity index (χ0v) is 14.1. The maximum atomic E-state index is 10.8. The number of aryl methyl sites for hydroxylation is 1. The normalized spacial score (nSPS) is 13.7. The SMILES string of the molecule is CCCOP(O)(Oc1ccccc1)=[SH]c1ccccc1C. The third kappa shape index (κ3) is 5.01. The van der Waals surface area contributed by atoms with Crippen LogP contribution in [-0.2, 0) is 15.5 Å². The van der Waals surface area contributed by atoms with Crippen LogP contribution < -0.4 is 4.52 Å². The fourth-order valence-corrected chi connectivity index (χ4v) is 5.66. The van der Waals surface area contributed by atoms with Crippen molar-refractivity contribution in [3.8, 4) is 5.75 Å². The smallest absolute Gasteiger partial charge is 0.336 e. The molecule has 0 saturated heterocycles. The number of rotatable bonds is 6. The lowest BCUT2D eigenvalue weighted by molar-refractivity contribution is 0.257. The first kappa shape index (κ1) is 16.3. The number of hydrogen-bond donors (Lipinski definition) is 2. The highest BCUT2D eigenvalue weighted by atomic mass is 32.5. The van der Waals surface area contributed by atoms with Gasteiger partial charge in [-0.1, -0.05) is 54.3 Å². The molecule has 0 radical (unpaired) electrons. The quantitative estimate of drug-likeness (QED) is 0.613. The van der Waals surface area contributed by atoms with E-state index in [9.17, 15) is 4.89 Å². The minimum absolute atomic E-state index is 0.482. The van der Waals surface area contributed by atoms with E-state index in [1.165, 1.54) is 0 Å². The Morgan fingerprint density at radius 1 is 1.05 bits per heavy atom. The molecule has 1 atom stereocenters. The number of thiol groups is 1. The van der Waals surface area contributed by atoms with Crippen molar-refractivity contribution >= 4 is 17.7 Å². The molecule has 5 heteroatoms. The van der Waals surface area contributed by atoms with Gasteiger partial charge in [0, 0.05) is 4.90 Å². The van der Waals surface area contributed by atoms with Crippen molar-refractivity contribution in [1.29, 1.82) is 0 Å². The van der Waals surface area contributed by atoms with Crippen LogP contribution in [0.5, 0.6) is 5.75 Å². The van der Waals surface area contributed by atoms with E-state index in [2.05, 4.69) is 0 Å². The van der Waals surface area contributed by atoms with Crippen LogP contribution in [0.25, 0.3) is 0 Å². The molecule has 0 aromatic heterocycles. The Morgan fingerprint density at radius 2 is 1.71 bits per heavy atom. The van der Waals surface area contributed by atoms with Crippen molar-refractivity contribution < 1.29 is 13.9 Å². The van der Waals surface area contributed by atoms with Gasteiger partial charge in [0.05, 0.1) is 6.61 Å². The Labute approximate surface area is 129 Å². The summed E-state index contributed by atoms with van der Waals surface area (Å²) in [6, 6.07) is 17.3. The van der Waals surface area contributed by atoms with Crippen LogP contribution in [0.15, 0.2) is 59.5 Å². The third-order valence-corrected chi connectivity index (χ3v) is 6.71. The van der Waals surface area contributed by atoms with Crippen LogP contribution in [0.3, 0.4) is 0 Å². The second-order valence-corrected chi connectivity index (χ2v) is 8.83. The van der Waals surface area contributed by atoms with Gasteiger partial charge in [-0.3, -0.25) is 0 Å². The lowest BCUT2D eigenvalue weighted by Crippen LogP contribution is -2.00. The highest BCUT2D eigenvalue weighted by Crippen LogP contribution is 2.47. The van der Waals surface area contributed by atoms with Crippen LogP contribution in [0.2, 0.25) is 0 Å². The van der Waals surface area contributed by atoms with Gasteiger partial charge in [-0.25, -0.2) is 0 Å². The Morgan fingerprint density at radius 3 is 2.38 bits per heavy atom. The Kier molecular flexibility index (Phi) is 6.07. The summed E-state index contributed by atoms with van der Waals surface area (Å²) >= 11 is 0. The van der Waals surface area contributed by atoms with Crippen LogP contribution in [0, 0.1) is 6.92 Å². The Hall–Kier alpha value is -1.06. The number of hydrogen-bond acceptors (Lipinski definition) is 2. The second kappa shape index (κ2) is 7.81. The molecule has 3 nitrogen and oxygen atoms in total. The summed E-state index contributed by atoms with van der Waals surface area (Å²) in [6.45, 7) is 1.53. The standard InChI is InChI=1S/C16H21O3PS/c1-3-13-18-20(17,19-15-10-5-4-6-11-15)21-16-12-8-7-9-14(16)2/h4-12,17,21H,3,13H2,1-2H3. The van der Waals surface area contributed by atoms with E-state index in [1.807, 2.05) is 68.4 Å². The van der Waals surface area contributed by atoms with Crippen molar-refractivity contribution in [2.45, 2.75) is 25.2 Å². The zero-order valence-electron chi connectivity index (χ0n) is 12.3. The average Bonchev–Trinajstić information content (AvgIpc) is 2.49. The van der Waals surface area contributed by atoms with Crippen molar-refractivity contribution in [3.05, 3.63) is 60.2 Å². The summed E-state index contributed by atoms with van der Waals surface area (Å²) in [5.74, 6) is 0.630. The molecule has 114 valence electrons. The summed E-state index contributed by atoms with van der Waals surface area (Å²) in [5, 5.41) is 0. The summed E-state index contributed by atoms with van der Waals surface area (Å²) in [5.41, 5.74) is 1.12. The van der Waals surface area contributed by atoms with E-state index in [4.69, 9.17) is 9.05 Å². The van der Waals surface area contributed by atoms with E-state index in [0.717, 1.165) is 16.9 Å². The van der Waals surface area contributed by atoms with E-state index < -0.39 is 6.72 Å². The van der Waals surface area contributed by atoms with Gasteiger partial charge in [0.15, 0.2) is 0 Å². The van der Waals surface area contributed by atoms with Gasteiger partial charge >= 0.3 is 6.72 Å². The molecule has 0 aliphatic heterocycles. The molecule has 0 fully saturated rings. The summed E-state index contributed by atoms with van der Waals surface area (Å²) < 4.78 is 11.5. The molecule has 0 spiro atoms. The molecule has 0 bridgehead atoms. The fourth-order valence-electron chi connectivity index (χ4n) is 1.72. The van der Waals surface area contributed by atoms with Gasteiger partial charge in [-0.15, -0.1) is 0 Å². The molecule has 0 amide bonds. The highest BCUT2D eigenvalue weighted by Gasteiger charge is 2.18. The van der Waals surface area contributed by atoms with Crippen molar-refractivity contribution in [2.75, 3.05) is 6.61 Å². The van der Waals surface area contributed by atoms with Crippen molar-refractivity contribution in [1.82, 2.24) is 0 Å². The maximum Gasteiger partial charge on any atom is 0.336 e. The predicted octanol–water partition coefficient (Wildman–Crippen LogP) is 4.34. The first-order valence-corrected chi connectivity index (χ1v) is 10.1. The molecule has 2 aromatic rings. The minimum atomic E-state index is -2.98. The van der Waals surface area contributed by atoms with Crippen LogP contribution in [0.4, 0.5) is 0 Å². The topological polar surface area (TPSA) is 38.7 Å². The van der Waals surface area contributed by atoms with E-state index in [0.29, 0.717) is 23.3 Å². The maximum absolute atomic E-state index is 10.8. The van der Waals surface area contributed by atoms with Crippen LogP contribution in [0.1, 0.15) is 18.9 Å². The van der Waals surface area contributed by atoms with Crippen molar-refractivity contribution in [3.63, 3.8) is 0 Å². The molecule has 1 unspecified atom stereocenters. The summed E-state index contributed by atoms with van der Waals surface area (Å²) in [7, 11) is 0.690.